The monoisotopic (exact) mass is 249 g/mol. The number of aromatic nitrogens is 2. The maximum Gasteiger partial charge on any atom is 0.328 e. The second kappa shape index (κ2) is 6.09. The van der Waals surface area contributed by atoms with Gasteiger partial charge in [0.05, 0.1) is 19.6 Å². The molecule has 1 unspecified atom stereocenters. The van der Waals surface area contributed by atoms with Crippen LogP contribution in [0.5, 0.6) is 0 Å². The third-order valence-corrected chi connectivity index (χ3v) is 1.83. The fraction of sp³-hybridized carbons (Fsp3) is 0.375. The van der Waals surface area contributed by atoms with E-state index in [1.807, 2.05) is 0 Å². The minimum Gasteiger partial charge on any atom is -0.480 e. The highest BCUT2D eigenvalue weighted by atomic mass is 35.5. The van der Waals surface area contributed by atoms with E-state index in [0.29, 0.717) is 0 Å². The van der Waals surface area contributed by atoms with Gasteiger partial charge in [0.1, 0.15) is 5.69 Å². The number of nitrogens with zero attached hydrogens (tertiary/aromatic N) is 2. The quantitative estimate of drug-likeness (QED) is 0.749. The molecule has 0 saturated heterocycles. The molecular formula is C8H12ClN3O4. The molecule has 2 N–H and O–H groups in total. The van der Waals surface area contributed by atoms with E-state index in [4.69, 9.17) is 9.94 Å². The van der Waals surface area contributed by atoms with E-state index in [9.17, 15) is 9.59 Å². The number of carboxylic acids is 1. The molecule has 90 valence electrons. The number of aromatic amines is 1. The topological polar surface area (TPSA) is 95.5 Å². The molecule has 0 radical (unpaired) electrons. The number of amides is 1. The Kier molecular flexibility index (Phi) is 5.48. The maximum atomic E-state index is 11.6. The number of H-pyrrole nitrogens is 1. The van der Waals surface area contributed by atoms with Crippen molar-refractivity contribution >= 4 is 24.3 Å². The number of hydrogen-bond acceptors (Lipinski definition) is 4. The number of carbonyl (C=O) groups is 2. The number of carboxylic acid groups (broad SMARTS) is 1. The van der Waals surface area contributed by atoms with E-state index in [1.165, 1.54) is 26.6 Å². The summed E-state index contributed by atoms with van der Waals surface area (Å²) in [7, 11) is 1.23. The van der Waals surface area contributed by atoms with Crippen molar-refractivity contribution in [2.45, 2.75) is 13.0 Å². The summed E-state index contributed by atoms with van der Waals surface area (Å²) < 4.78 is 0. The minimum atomic E-state index is -1.15. The van der Waals surface area contributed by atoms with Crippen molar-refractivity contribution < 1.29 is 19.5 Å². The number of halogens is 1. The molecule has 8 heteroatoms. The molecule has 0 aliphatic heterocycles. The van der Waals surface area contributed by atoms with Crippen LogP contribution < -0.4 is 0 Å². The summed E-state index contributed by atoms with van der Waals surface area (Å²) in [5, 5.41) is 9.49. The van der Waals surface area contributed by atoms with Gasteiger partial charge in [0, 0.05) is 0 Å². The second-order valence-corrected chi connectivity index (χ2v) is 2.79. The first-order valence-electron chi connectivity index (χ1n) is 4.16. The van der Waals surface area contributed by atoms with Gasteiger partial charge < -0.3 is 10.1 Å². The molecule has 0 spiro atoms. The highest BCUT2D eigenvalue weighted by Crippen LogP contribution is 2.06. The van der Waals surface area contributed by atoms with Crippen molar-refractivity contribution in [3.05, 3.63) is 18.2 Å². The molecule has 0 aliphatic carbocycles. The predicted molar refractivity (Wildman–Crippen MR) is 56.1 cm³/mol. The molecule has 16 heavy (non-hydrogen) atoms. The van der Waals surface area contributed by atoms with Gasteiger partial charge in [-0.25, -0.2) is 14.8 Å². The van der Waals surface area contributed by atoms with Crippen LogP contribution in [0.15, 0.2) is 12.5 Å². The third-order valence-electron chi connectivity index (χ3n) is 1.83. The number of imidazole rings is 1. The molecule has 1 aromatic heterocycles. The van der Waals surface area contributed by atoms with Gasteiger partial charge in [0.2, 0.25) is 0 Å². The predicted octanol–water partition coefficient (Wildman–Crippen LogP) is 0.308. The summed E-state index contributed by atoms with van der Waals surface area (Å²) in [5.41, 5.74) is 0.171. The van der Waals surface area contributed by atoms with Crippen molar-refractivity contribution in [3.63, 3.8) is 0 Å². The van der Waals surface area contributed by atoms with E-state index in [0.717, 1.165) is 5.06 Å². The van der Waals surface area contributed by atoms with Crippen molar-refractivity contribution in [1.82, 2.24) is 15.0 Å². The number of nitrogens with one attached hydrogen (secondary N) is 1. The number of carbonyl (C=O) groups excluding carboxylic acids is 1. The minimum absolute atomic E-state index is 0. The van der Waals surface area contributed by atoms with Crippen molar-refractivity contribution in [2.75, 3.05) is 7.11 Å². The van der Waals surface area contributed by atoms with Gasteiger partial charge in [-0.1, -0.05) is 0 Å². The van der Waals surface area contributed by atoms with Crippen LogP contribution in [0.2, 0.25) is 0 Å². The summed E-state index contributed by atoms with van der Waals surface area (Å²) in [6.07, 6.45) is 2.62. The lowest BCUT2D eigenvalue weighted by molar-refractivity contribution is -0.163. The Balaban J connectivity index is 0.00000225. The van der Waals surface area contributed by atoms with E-state index in [1.54, 1.807) is 0 Å². The first kappa shape index (κ1) is 14.4. The first-order chi connectivity index (χ1) is 7.07. The fourth-order valence-corrected chi connectivity index (χ4v) is 1.01. The zero-order valence-corrected chi connectivity index (χ0v) is 9.52. The largest absolute Gasteiger partial charge is 0.480 e. The highest BCUT2D eigenvalue weighted by Gasteiger charge is 2.27. The molecule has 7 nitrogen and oxygen atoms in total. The lowest BCUT2D eigenvalue weighted by Gasteiger charge is -2.22. The van der Waals surface area contributed by atoms with E-state index >= 15 is 0 Å². The molecule has 1 amide bonds. The molecule has 0 aliphatic rings. The van der Waals surface area contributed by atoms with Crippen molar-refractivity contribution in [2.24, 2.45) is 0 Å². The van der Waals surface area contributed by atoms with E-state index in [-0.39, 0.29) is 18.1 Å². The summed E-state index contributed by atoms with van der Waals surface area (Å²) in [5.74, 6) is -1.73. The van der Waals surface area contributed by atoms with Gasteiger partial charge in [-0.05, 0) is 6.92 Å². The SMILES string of the molecule is CON(C(=O)c1cnc[nH]1)C(C)C(=O)O.Cl. The molecule has 1 heterocycles. The summed E-state index contributed by atoms with van der Waals surface area (Å²) in [4.78, 5) is 33.3. The first-order valence-corrected chi connectivity index (χ1v) is 4.16. The van der Waals surface area contributed by atoms with Gasteiger partial charge in [-0.3, -0.25) is 9.63 Å². The smallest absolute Gasteiger partial charge is 0.328 e. The van der Waals surface area contributed by atoms with Crippen LogP contribution >= 0.6 is 12.4 Å². The van der Waals surface area contributed by atoms with Crippen molar-refractivity contribution in [3.8, 4) is 0 Å². The standard InChI is InChI=1S/C8H11N3O4.ClH/c1-5(8(13)14)11(15-2)7(12)6-3-9-4-10-6;/h3-5H,1-2H3,(H,9,10)(H,13,14);1H. The molecule has 0 fully saturated rings. The normalized spacial score (nSPS) is 11.4. The lowest BCUT2D eigenvalue weighted by atomic mass is 10.3. The summed E-state index contributed by atoms with van der Waals surface area (Å²) >= 11 is 0. The Labute approximate surface area is 97.8 Å². The van der Waals surface area contributed by atoms with Crippen molar-refractivity contribution in [1.29, 1.82) is 0 Å². The van der Waals surface area contributed by atoms with Crippen LogP contribution in [0, 0.1) is 0 Å². The number of hydrogen-bond donors (Lipinski definition) is 2. The molecule has 1 atom stereocenters. The van der Waals surface area contributed by atoms with Crippen LogP contribution in [0.3, 0.4) is 0 Å². The average Bonchev–Trinajstić information content (AvgIpc) is 2.71. The van der Waals surface area contributed by atoms with Crippen LogP contribution in [0.1, 0.15) is 17.4 Å². The molecule has 0 bridgehead atoms. The number of hydroxylamine groups is 2. The Morgan fingerprint density at radius 1 is 1.62 bits per heavy atom. The molecule has 0 aromatic carbocycles. The zero-order chi connectivity index (χ0) is 11.4. The number of rotatable bonds is 4. The fourth-order valence-electron chi connectivity index (χ4n) is 1.01. The van der Waals surface area contributed by atoms with Gasteiger partial charge in [0.25, 0.3) is 5.91 Å². The Morgan fingerprint density at radius 2 is 2.25 bits per heavy atom. The zero-order valence-electron chi connectivity index (χ0n) is 8.71. The van der Waals surface area contributed by atoms with Crippen LogP contribution in [0.4, 0.5) is 0 Å². The molecule has 1 rings (SSSR count). The Bertz CT molecular complexity index is 354. The summed E-state index contributed by atoms with van der Waals surface area (Å²) in [6, 6.07) is -1.06. The van der Waals surface area contributed by atoms with E-state index < -0.39 is 17.9 Å². The van der Waals surface area contributed by atoms with Crippen LogP contribution in [-0.4, -0.2) is 45.2 Å². The van der Waals surface area contributed by atoms with Gasteiger partial charge in [-0.15, -0.1) is 12.4 Å². The highest BCUT2D eigenvalue weighted by molar-refractivity contribution is 5.93. The molecular weight excluding hydrogens is 238 g/mol. The van der Waals surface area contributed by atoms with Crippen LogP contribution in [-0.2, 0) is 9.63 Å². The van der Waals surface area contributed by atoms with Gasteiger partial charge in [-0.2, -0.15) is 0 Å². The Hall–Kier alpha value is -1.60. The third kappa shape index (κ3) is 2.94. The lowest BCUT2D eigenvalue weighted by Crippen LogP contribution is -2.42. The van der Waals surface area contributed by atoms with Crippen LogP contribution in [0.25, 0.3) is 0 Å². The molecule has 0 saturated carbocycles. The summed E-state index contributed by atoms with van der Waals surface area (Å²) in [6.45, 7) is 1.35. The number of aliphatic carboxylic acids is 1. The van der Waals surface area contributed by atoms with E-state index in [2.05, 4.69) is 9.97 Å². The molecule has 1 aromatic rings. The maximum absolute atomic E-state index is 11.6. The Morgan fingerprint density at radius 3 is 2.62 bits per heavy atom. The van der Waals surface area contributed by atoms with Gasteiger partial charge >= 0.3 is 5.97 Å². The van der Waals surface area contributed by atoms with Gasteiger partial charge in [0.15, 0.2) is 6.04 Å². The average molecular weight is 250 g/mol. The second-order valence-electron chi connectivity index (χ2n) is 2.79.